The molecule has 0 aliphatic carbocycles. The summed E-state index contributed by atoms with van der Waals surface area (Å²) in [5.74, 6) is 1.07. The molecule has 8 nitrogen and oxygen atoms in total. The molecule has 1 saturated heterocycles. The number of rotatable bonds is 4. The van der Waals surface area contributed by atoms with Crippen LogP contribution in [-0.4, -0.2) is 56.9 Å². The molecule has 9 heteroatoms. The summed E-state index contributed by atoms with van der Waals surface area (Å²) in [6.45, 7) is 2.50. The van der Waals surface area contributed by atoms with Crippen LogP contribution in [0.25, 0.3) is 0 Å². The minimum Gasteiger partial charge on any atom is -0.339 e. The van der Waals surface area contributed by atoms with E-state index in [1.54, 1.807) is 35.5 Å². The van der Waals surface area contributed by atoms with E-state index in [9.17, 15) is 4.79 Å². The van der Waals surface area contributed by atoms with Gasteiger partial charge in [-0.15, -0.1) is 0 Å². The summed E-state index contributed by atoms with van der Waals surface area (Å²) in [6, 6.07) is 10.8. The summed E-state index contributed by atoms with van der Waals surface area (Å²) in [5.41, 5.74) is 1.06. The molecular weight excluding hydrogens is 378 g/mol. The van der Waals surface area contributed by atoms with Crippen molar-refractivity contribution in [3.63, 3.8) is 0 Å². The predicted octanol–water partition coefficient (Wildman–Crippen LogP) is 2.63. The van der Waals surface area contributed by atoms with E-state index in [0.29, 0.717) is 48.7 Å². The number of aromatic nitrogens is 4. The van der Waals surface area contributed by atoms with Gasteiger partial charge >= 0.3 is 0 Å². The highest BCUT2D eigenvalue weighted by Gasteiger charge is 2.24. The number of anilines is 3. The number of halogens is 1. The van der Waals surface area contributed by atoms with E-state index in [2.05, 4.69) is 30.2 Å². The number of amides is 1. The van der Waals surface area contributed by atoms with Gasteiger partial charge in [0.05, 0.1) is 10.7 Å². The molecule has 142 valence electrons. The average molecular weight is 396 g/mol. The topological polar surface area (TPSA) is 87.1 Å². The maximum absolute atomic E-state index is 12.8. The molecule has 0 unspecified atom stereocenters. The first kappa shape index (κ1) is 18.1. The molecular formula is C19H18ClN7O. The molecule has 3 heterocycles. The zero-order chi connectivity index (χ0) is 19.3. The predicted molar refractivity (Wildman–Crippen MR) is 107 cm³/mol. The molecule has 1 aliphatic rings. The standard InChI is InChI=1S/C19H18ClN7O/c20-14-4-1-2-5-15(14)25-17-12-16(23-13-24-17)18(28)26-8-10-27(11-9-26)19-21-6-3-7-22-19/h1-7,12-13H,8-11H2,(H,23,24,25). The Kier molecular flexibility index (Phi) is 5.29. The van der Waals surface area contributed by atoms with Crippen molar-refractivity contribution in [2.45, 2.75) is 0 Å². The molecule has 2 aromatic heterocycles. The lowest BCUT2D eigenvalue weighted by molar-refractivity contribution is 0.0740. The van der Waals surface area contributed by atoms with Gasteiger partial charge in [0.15, 0.2) is 0 Å². The first-order chi connectivity index (χ1) is 13.7. The van der Waals surface area contributed by atoms with Crippen LogP contribution in [0.2, 0.25) is 5.02 Å². The van der Waals surface area contributed by atoms with E-state index in [4.69, 9.17) is 11.6 Å². The molecule has 28 heavy (non-hydrogen) atoms. The highest BCUT2D eigenvalue weighted by molar-refractivity contribution is 6.33. The van der Waals surface area contributed by atoms with Gasteiger partial charge in [0.2, 0.25) is 5.95 Å². The summed E-state index contributed by atoms with van der Waals surface area (Å²) in [4.78, 5) is 33.5. The summed E-state index contributed by atoms with van der Waals surface area (Å²) < 4.78 is 0. The number of hydrogen-bond acceptors (Lipinski definition) is 7. The second-order valence-electron chi connectivity index (χ2n) is 6.22. The zero-order valence-electron chi connectivity index (χ0n) is 15.0. The monoisotopic (exact) mass is 395 g/mol. The number of hydrogen-bond donors (Lipinski definition) is 1. The number of nitrogens with one attached hydrogen (secondary N) is 1. The zero-order valence-corrected chi connectivity index (χ0v) is 15.8. The van der Waals surface area contributed by atoms with Gasteiger partial charge in [0.25, 0.3) is 5.91 Å². The quantitative estimate of drug-likeness (QED) is 0.726. The molecule has 1 N–H and O–H groups in total. The van der Waals surface area contributed by atoms with Gasteiger partial charge in [0.1, 0.15) is 17.8 Å². The van der Waals surface area contributed by atoms with Crippen molar-refractivity contribution in [2.75, 3.05) is 36.4 Å². The van der Waals surface area contributed by atoms with Crippen LogP contribution in [0.1, 0.15) is 10.5 Å². The number of carbonyl (C=O) groups is 1. The van der Waals surface area contributed by atoms with E-state index in [-0.39, 0.29) is 5.91 Å². The molecule has 4 rings (SSSR count). The van der Waals surface area contributed by atoms with Crippen LogP contribution in [0.15, 0.2) is 55.1 Å². The average Bonchev–Trinajstić information content (AvgIpc) is 2.76. The van der Waals surface area contributed by atoms with Crippen molar-refractivity contribution >= 4 is 35.0 Å². The summed E-state index contributed by atoms with van der Waals surface area (Å²) in [6.07, 6.45) is 4.81. The van der Waals surface area contributed by atoms with Crippen LogP contribution in [-0.2, 0) is 0 Å². The molecule has 0 atom stereocenters. The van der Waals surface area contributed by atoms with E-state index < -0.39 is 0 Å². The smallest absolute Gasteiger partial charge is 0.272 e. The van der Waals surface area contributed by atoms with Gasteiger partial charge in [-0.3, -0.25) is 4.79 Å². The second kappa shape index (κ2) is 8.18. The Bertz CT molecular complexity index is 961. The molecule has 1 aromatic carbocycles. The van der Waals surface area contributed by atoms with Crippen molar-refractivity contribution in [1.82, 2.24) is 24.8 Å². The summed E-state index contributed by atoms with van der Waals surface area (Å²) in [5, 5.41) is 3.70. The molecule has 0 saturated carbocycles. The van der Waals surface area contributed by atoms with Gasteiger partial charge in [-0.2, -0.15) is 0 Å². The first-order valence-electron chi connectivity index (χ1n) is 8.85. The largest absolute Gasteiger partial charge is 0.339 e. The van der Waals surface area contributed by atoms with Gasteiger partial charge < -0.3 is 15.1 Å². The third kappa shape index (κ3) is 4.01. The Morgan fingerprint density at radius 2 is 1.71 bits per heavy atom. The fourth-order valence-electron chi connectivity index (χ4n) is 2.97. The molecule has 0 spiro atoms. The van der Waals surface area contributed by atoms with Gasteiger partial charge in [-0.05, 0) is 18.2 Å². The van der Waals surface area contributed by atoms with E-state index in [0.717, 1.165) is 5.69 Å². The van der Waals surface area contributed by atoms with Crippen molar-refractivity contribution in [2.24, 2.45) is 0 Å². The van der Waals surface area contributed by atoms with Crippen LogP contribution in [0, 0.1) is 0 Å². The molecule has 0 bridgehead atoms. The molecule has 0 radical (unpaired) electrons. The lowest BCUT2D eigenvalue weighted by atomic mass is 10.2. The fourth-order valence-corrected chi connectivity index (χ4v) is 3.15. The minimum absolute atomic E-state index is 0.127. The lowest BCUT2D eigenvalue weighted by Gasteiger charge is -2.34. The van der Waals surface area contributed by atoms with Gasteiger partial charge in [0, 0.05) is 44.6 Å². The number of benzene rings is 1. The lowest BCUT2D eigenvalue weighted by Crippen LogP contribution is -2.49. The fraction of sp³-hybridized carbons (Fsp3) is 0.211. The molecule has 1 fully saturated rings. The molecule has 1 amide bonds. The van der Waals surface area contributed by atoms with Crippen molar-refractivity contribution in [1.29, 1.82) is 0 Å². The van der Waals surface area contributed by atoms with Crippen LogP contribution < -0.4 is 10.2 Å². The third-order valence-electron chi connectivity index (χ3n) is 4.42. The normalized spacial score (nSPS) is 14.0. The number of nitrogens with zero attached hydrogens (tertiary/aromatic N) is 6. The highest BCUT2D eigenvalue weighted by Crippen LogP contribution is 2.24. The van der Waals surface area contributed by atoms with Crippen molar-refractivity contribution in [3.8, 4) is 0 Å². The second-order valence-corrected chi connectivity index (χ2v) is 6.63. The summed E-state index contributed by atoms with van der Waals surface area (Å²) in [7, 11) is 0. The number of carbonyl (C=O) groups excluding carboxylic acids is 1. The van der Waals surface area contributed by atoms with Crippen LogP contribution >= 0.6 is 11.6 Å². The Balaban J connectivity index is 1.42. The van der Waals surface area contributed by atoms with Gasteiger partial charge in [-0.1, -0.05) is 23.7 Å². The highest BCUT2D eigenvalue weighted by atomic mass is 35.5. The Morgan fingerprint density at radius 1 is 0.964 bits per heavy atom. The van der Waals surface area contributed by atoms with Crippen LogP contribution in [0.4, 0.5) is 17.5 Å². The summed E-state index contributed by atoms with van der Waals surface area (Å²) >= 11 is 6.17. The van der Waals surface area contributed by atoms with Crippen LogP contribution in [0.5, 0.6) is 0 Å². The maximum Gasteiger partial charge on any atom is 0.272 e. The van der Waals surface area contributed by atoms with E-state index in [1.807, 2.05) is 18.2 Å². The first-order valence-corrected chi connectivity index (χ1v) is 9.23. The minimum atomic E-state index is -0.127. The number of para-hydroxylation sites is 1. The van der Waals surface area contributed by atoms with E-state index in [1.165, 1.54) is 6.33 Å². The van der Waals surface area contributed by atoms with Crippen molar-refractivity contribution < 1.29 is 4.79 Å². The molecule has 3 aromatic rings. The number of piperazine rings is 1. The Morgan fingerprint density at radius 3 is 2.46 bits per heavy atom. The Labute approximate surface area is 167 Å². The van der Waals surface area contributed by atoms with Gasteiger partial charge in [-0.25, -0.2) is 19.9 Å². The third-order valence-corrected chi connectivity index (χ3v) is 4.75. The Hall–Kier alpha value is -3.26. The van der Waals surface area contributed by atoms with E-state index >= 15 is 0 Å². The maximum atomic E-state index is 12.8. The van der Waals surface area contributed by atoms with Crippen molar-refractivity contribution in [3.05, 3.63) is 65.8 Å². The van der Waals surface area contributed by atoms with Crippen LogP contribution in [0.3, 0.4) is 0 Å². The SMILES string of the molecule is O=C(c1cc(Nc2ccccc2Cl)ncn1)N1CCN(c2ncccn2)CC1. The molecule has 1 aliphatic heterocycles.